The number of nitrogens with one attached hydrogen (secondary N) is 1. The van der Waals surface area contributed by atoms with Crippen LogP contribution in [0.5, 0.6) is 5.75 Å². The van der Waals surface area contributed by atoms with E-state index in [4.69, 9.17) is 16.3 Å². The third-order valence-corrected chi connectivity index (χ3v) is 5.92. The Morgan fingerprint density at radius 2 is 1.67 bits per heavy atom. The van der Waals surface area contributed by atoms with Crippen LogP contribution in [0, 0.1) is 13.8 Å². The number of fused-ring (bicyclic) bond motifs is 1. The number of aryl methyl sites for hydroxylation is 4. The highest BCUT2D eigenvalue weighted by Crippen LogP contribution is 2.27. The maximum absolute atomic E-state index is 12.6. The first-order chi connectivity index (χ1) is 12.8. The van der Waals surface area contributed by atoms with Crippen LogP contribution < -0.4 is 10.1 Å². The summed E-state index contributed by atoms with van der Waals surface area (Å²) < 4.78 is 5.85. The van der Waals surface area contributed by atoms with Crippen molar-refractivity contribution in [3.8, 4) is 5.75 Å². The molecule has 1 aliphatic carbocycles. The number of carbonyl (C=O) groups excluding carboxylic acids is 1. The number of hydrogen-bond acceptors (Lipinski definition) is 2. The first kappa shape index (κ1) is 19.8. The molecule has 0 aliphatic heterocycles. The molecule has 0 heterocycles. The third kappa shape index (κ3) is 4.65. The second-order valence-corrected chi connectivity index (χ2v) is 7.97. The topological polar surface area (TPSA) is 38.3 Å². The molecule has 0 aromatic heterocycles. The minimum absolute atomic E-state index is 0.0514. The van der Waals surface area contributed by atoms with E-state index < -0.39 is 6.10 Å². The van der Waals surface area contributed by atoms with Gasteiger partial charge in [0.05, 0.1) is 6.04 Å². The number of rotatable bonds is 5. The van der Waals surface area contributed by atoms with E-state index >= 15 is 0 Å². The lowest BCUT2D eigenvalue weighted by atomic mass is 9.89. The van der Waals surface area contributed by atoms with E-state index in [9.17, 15) is 4.79 Å². The number of halogens is 1. The number of carbonyl (C=O) groups is 1. The van der Waals surface area contributed by atoms with Crippen molar-refractivity contribution in [2.24, 2.45) is 0 Å². The number of ether oxygens (including phenoxy) is 1. The standard InChI is InChI=1S/C23H28ClNO2/c1-14-11-21(12-15(2)22(14)24)27-17(4)23(26)25-16(3)19-10-9-18-7-5-6-8-20(18)13-19/h9-13,16-17H,5-8H2,1-4H3,(H,25,26)/t16-,17+/m0/s1. The Kier molecular flexibility index (Phi) is 6.11. The van der Waals surface area contributed by atoms with Crippen LogP contribution in [0.3, 0.4) is 0 Å². The molecule has 2 atom stereocenters. The molecule has 0 radical (unpaired) electrons. The summed E-state index contributed by atoms with van der Waals surface area (Å²) in [6, 6.07) is 10.3. The second-order valence-electron chi connectivity index (χ2n) is 7.60. The van der Waals surface area contributed by atoms with Gasteiger partial charge in [0.15, 0.2) is 6.10 Å². The highest BCUT2D eigenvalue weighted by molar-refractivity contribution is 6.32. The van der Waals surface area contributed by atoms with E-state index in [0.717, 1.165) is 28.1 Å². The van der Waals surface area contributed by atoms with Crippen molar-refractivity contribution < 1.29 is 9.53 Å². The molecule has 144 valence electrons. The van der Waals surface area contributed by atoms with Gasteiger partial charge in [-0.15, -0.1) is 0 Å². The molecule has 0 saturated heterocycles. The van der Waals surface area contributed by atoms with E-state index in [1.807, 2.05) is 32.9 Å². The van der Waals surface area contributed by atoms with Gasteiger partial charge in [-0.25, -0.2) is 0 Å². The third-order valence-electron chi connectivity index (χ3n) is 5.32. The molecule has 0 bridgehead atoms. The van der Waals surface area contributed by atoms with Crippen LogP contribution in [-0.2, 0) is 17.6 Å². The van der Waals surface area contributed by atoms with Crippen molar-refractivity contribution in [1.29, 1.82) is 0 Å². The van der Waals surface area contributed by atoms with Gasteiger partial charge in [0.2, 0.25) is 0 Å². The number of amides is 1. The summed E-state index contributed by atoms with van der Waals surface area (Å²) in [7, 11) is 0. The lowest BCUT2D eigenvalue weighted by Crippen LogP contribution is -2.37. The van der Waals surface area contributed by atoms with Crippen LogP contribution >= 0.6 is 11.6 Å². The molecule has 3 nitrogen and oxygen atoms in total. The SMILES string of the molecule is Cc1cc(O[C@H](C)C(=O)N[C@@H](C)c2ccc3c(c2)CCCC3)cc(C)c1Cl. The highest BCUT2D eigenvalue weighted by Gasteiger charge is 2.19. The minimum Gasteiger partial charge on any atom is -0.481 e. The fourth-order valence-electron chi connectivity index (χ4n) is 3.67. The van der Waals surface area contributed by atoms with Gasteiger partial charge < -0.3 is 10.1 Å². The molecule has 0 fully saturated rings. The first-order valence-corrected chi connectivity index (χ1v) is 10.1. The van der Waals surface area contributed by atoms with Crippen LogP contribution in [-0.4, -0.2) is 12.0 Å². The summed E-state index contributed by atoms with van der Waals surface area (Å²) in [6.07, 6.45) is 4.25. The molecule has 1 N–H and O–H groups in total. The summed E-state index contributed by atoms with van der Waals surface area (Å²) in [5, 5.41) is 3.81. The average molecular weight is 386 g/mol. The van der Waals surface area contributed by atoms with Gasteiger partial charge in [0, 0.05) is 5.02 Å². The fourth-order valence-corrected chi connectivity index (χ4v) is 3.78. The van der Waals surface area contributed by atoms with E-state index in [2.05, 4.69) is 23.5 Å². The smallest absolute Gasteiger partial charge is 0.261 e. The molecule has 4 heteroatoms. The molecule has 3 rings (SSSR count). The normalized spacial score (nSPS) is 15.6. The zero-order valence-electron chi connectivity index (χ0n) is 16.6. The van der Waals surface area contributed by atoms with E-state index in [0.29, 0.717) is 5.75 Å². The molecule has 27 heavy (non-hydrogen) atoms. The molecule has 0 saturated carbocycles. The Bertz CT molecular complexity index is 823. The quantitative estimate of drug-likeness (QED) is 0.739. The molecular formula is C23H28ClNO2. The Balaban J connectivity index is 1.64. The maximum Gasteiger partial charge on any atom is 0.261 e. The minimum atomic E-state index is -0.579. The number of hydrogen-bond donors (Lipinski definition) is 1. The van der Waals surface area contributed by atoms with E-state index in [-0.39, 0.29) is 11.9 Å². The van der Waals surface area contributed by atoms with Gasteiger partial charge in [-0.05, 0) is 93.3 Å². The van der Waals surface area contributed by atoms with Crippen molar-refractivity contribution in [2.45, 2.75) is 65.5 Å². The van der Waals surface area contributed by atoms with Gasteiger partial charge in [-0.2, -0.15) is 0 Å². The van der Waals surface area contributed by atoms with Crippen molar-refractivity contribution in [3.63, 3.8) is 0 Å². The van der Waals surface area contributed by atoms with Gasteiger partial charge in [0.25, 0.3) is 5.91 Å². The van der Waals surface area contributed by atoms with E-state index in [1.165, 1.54) is 30.4 Å². The Morgan fingerprint density at radius 1 is 1.04 bits per heavy atom. The summed E-state index contributed by atoms with van der Waals surface area (Å²) in [4.78, 5) is 12.6. The maximum atomic E-state index is 12.6. The monoisotopic (exact) mass is 385 g/mol. The second kappa shape index (κ2) is 8.35. The first-order valence-electron chi connectivity index (χ1n) is 9.70. The highest BCUT2D eigenvalue weighted by atomic mass is 35.5. The van der Waals surface area contributed by atoms with Gasteiger partial charge in [-0.3, -0.25) is 4.79 Å². The van der Waals surface area contributed by atoms with Crippen molar-refractivity contribution in [1.82, 2.24) is 5.32 Å². The van der Waals surface area contributed by atoms with Gasteiger partial charge in [-0.1, -0.05) is 29.8 Å². The largest absolute Gasteiger partial charge is 0.481 e. The predicted molar refractivity (Wildman–Crippen MR) is 111 cm³/mol. The predicted octanol–water partition coefficient (Wildman–Crippen LogP) is 5.48. The fraction of sp³-hybridized carbons (Fsp3) is 0.435. The van der Waals surface area contributed by atoms with Crippen LogP contribution in [0.25, 0.3) is 0 Å². The zero-order valence-corrected chi connectivity index (χ0v) is 17.3. The summed E-state index contributed by atoms with van der Waals surface area (Å²) in [5.41, 5.74) is 5.92. The molecular weight excluding hydrogens is 358 g/mol. The summed E-state index contributed by atoms with van der Waals surface area (Å²) in [6.45, 7) is 7.66. The Morgan fingerprint density at radius 3 is 2.33 bits per heavy atom. The Hall–Kier alpha value is -2.00. The van der Waals surface area contributed by atoms with Crippen LogP contribution in [0.2, 0.25) is 5.02 Å². The van der Waals surface area contributed by atoms with Gasteiger partial charge in [0.1, 0.15) is 5.75 Å². The molecule has 0 unspecified atom stereocenters. The van der Waals surface area contributed by atoms with Crippen LogP contribution in [0.4, 0.5) is 0 Å². The number of benzene rings is 2. The van der Waals surface area contributed by atoms with Crippen molar-refractivity contribution in [3.05, 3.63) is 63.2 Å². The Labute approximate surface area is 167 Å². The van der Waals surface area contributed by atoms with Crippen molar-refractivity contribution >= 4 is 17.5 Å². The van der Waals surface area contributed by atoms with E-state index in [1.54, 1.807) is 6.92 Å². The molecule has 0 spiro atoms. The summed E-state index contributed by atoms with van der Waals surface area (Å²) >= 11 is 6.20. The molecule has 1 aliphatic rings. The van der Waals surface area contributed by atoms with Gasteiger partial charge >= 0.3 is 0 Å². The zero-order chi connectivity index (χ0) is 19.6. The van der Waals surface area contributed by atoms with Crippen LogP contribution in [0.15, 0.2) is 30.3 Å². The average Bonchev–Trinajstić information content (AvgIpc) is 2.65. The summed E-state index contributed by atoms with van der Waals surface area (Å²) in [5.74, 6) is 0.545. The van der Waals surface area contributed by atoms with Crippen LogP contribution in [0.1, 0.15) is 60.5 Å². The molecule has 1 amide bonds. The lowest BCUT2D eigenvalue weighted by molar-refractivity contribution is -0.127. The molecule has 2 aromatic carbocycles. The molecule has 2 aromatic rings. The lowest BCUT2D eigenvalue weighted by Gasteiger charge is -2.22. The van der Waals surface area contributed by atoms with Crippen molar-refractivity contribution in [2.75, 3.05) is 0 Å².